The summed E-state index contributed by atoms with van der Waals surface area (Å²) >= 11 is 11.9. The van der Waals surface area contributed by atoms with Crippen molar-refractivity contribution in [2.45, 2.75) is 25.7 Å². The zero-order chi connectivity index (χ0) is 18.0. The van der Waals surface area contributed by atoms with E-state index in [9.17, 15) is 14.4 Å². The van der Waals surface area contributed by atoms with Crippen molar-refractivity contribution in [2.75, 3.05) is 11.9 Å². The van der Waals surface area contributed by atoms with Gasteiger partial charge in [-0.2, -0.15) is 0 Å². The second-order valence-corrected chi connectivity index (χ2v) is 7.02. The summed E-state index contributed by atoms with van der Waals surface area (Å²) < 4.78 is 0. The van der Waals surface area contributed by atoms with Gasteiger partial charge in [0.1, 0.15) is 0 Å². The first-order chi connectivity index (χ1) is 12.0. The number of carbonyl (C=O) groups excluding carboxylic acids is 3. The third-order valence-corrected chi connectivity index (χ3v) is 5.43. The smallest absolute Gasteiger partial charge is 0.233 e. The number of anilines is 1. The van der Waals surface area contributed by atoms with E-state index in [0.717, 1.165) is 0 Å². The van der Waals surface area contributed by atoms with E-state index in [4.69, 9.17) is 23.2 Å². The number of hydrogen-bond donors (Lipinski definition) is 1. The van der Waals surface area contributed by atoms with Gasteiger partial charge in [-0.25, -0.2) is 0 Å². The Morgan fingerprint density at radius 3 is 2.40 bits per heavy atom. The highest BCUT2D eigenvalue weighted by molar-refractivity contribution is 6.43. The van der Waals surface area contributed by atoms with Crippen molar-refractivity contribution in [1.29, 1.82) is 0 Å². The topological polar surface area (TPSA) is 66.5 Å². The summed E-state index contributed by atoms with van der Waals surface area (Å²) in [6.07, 6.45) is 5.76. The van der Waals surface area contributed by atoms with E-state index in [1.165, 1.54) is 4.90 Å². The summed E-state index contributed by atoms with van der Waals surface area (Å²) in [7, 11) is 0. The molecule has 25 heavy (non-hydrogen) atoms. The number of nitrogens with zero attached hydrogens (tertiary/aromatic N) is 1. The van der Waals surface area contributed by atoms with Gasteiger partial charge in [-0.1, -0.05) is 41.4 Å². The number of hydrogen-bond acceptors (Lipinski definition) is 3. The minimum Gasteiger partial charge on any atom is -0.325 e. The fourth-order valence-corrected chi connectivity index (χ4v) is 3.65. The summed E-state index contributed by atoms with van der Waals surface area (Å²) in [6.45, 7) is 0.265. The summed E-state index contributed by atoms with van der Waals surface area (Å²) in [5.41, 5.74) is 0.449. The van der Waals surface area contributed by atoms with Crippen LogP contribution in [0.25, 0.3) is 0 Å². The van der Waals surface area contributed by atoms with Crippen LogP contribution in [0.1, 0.15) is 25.7 Å². The molecule has 3 amide bonds. The van der Waals surface area contributed by atoms with Gasteiger partial charge in [-0.15, -0.1) is 0 Å². The Balaban J connectivity index is 1.51. The number of amides is 3. The quantitative estimate of drug-likeness (QED) is 0.625. The number of halogens is 2. The molecule has 7 heteroatoms. The van der Waals surface area contributed by atoms with E-state index in [-0.39, 0.29) is 42.5 Å². The molecule has 0 spiro atoms. The fraction of sp³-hybridized carbons (Fsp3) is 0.389. The van der Waals surface area contributed by atoms with Gasteiger partial charge < -0.3 is 5.32 Å². The second-order valence-electron chi connectivity index (χ2n) is 6.24. The average Bonchev–Trinajstić information content (AvgIpc) is 2.84. The van der Waals surface area contributed by atoms with Crippen LogP contribution in [-0.2, 0) is 14.4 Å². The standard InChI is InChI=1S/C18H18Cl2N2O3/c19-13-7-3-8-14(16(13)20)21-15(23)9-4-10-22-17(24)11-5-1-2-6-12(11)18(22)25/h1-3,7-8,11-12H,4-6,9-10H2,(H,21,23)/t11-,12+. The molecule has 0 radical (unpaired) electrons. The lowest BCUT2D eigenvalue weighted by Crippen LogP contribution is -2.32. The molecule has 0 aromatic heterocycles. The normalized spacial score (nSPS) is 22.2. The molecule has 1 aromatic rings. The number of carbonyl (C=O) groups is 3. The third kappa shape index (κ3) is 3.72. The first kappa shape index (κ1) is 18.0. The molecule has 2 aliphatic rings. The van der Waals surface area contributed by atoms with Crippen LogP contribution in [0.15, 0.2) is 30.4 Å². The molecule has 132 valence electrons. The van der Waals surface area contributed by atoms with E-state index in [2.05, 4.69) is 5.32 Å². The van der Waals surface area contributed by atoms with Gasteiger partial charge in [0.25, 0.3) is 0 Å². The number of allylic oxidation sites excluding steroid dienone is 2. The maximum absolute atomic E-state index is 12.3. The lowest BCUT2D eigenvalue weighted by Gasteiger charge is -2.14. The van der Waals surface area contributed by atoms with Crippen molar-refractivity contribution in [3.8, 4) is 0 Å². The Bertz CT molecular complexity index is 722. The Kier molecular flexibility index (Phi) is 5.45. The van der Waals surface area contributed by atoms with E-state index in [0.29, 0.717) is 35.0 Å². The third-order valence-electron chi connectivity index (χ3n) is 4.61. The average molecular weight is 381 g/mol. The van der Waals surface area contributed by atoms with Gasteiger partial charge >= 0.3 is 0 Å². The number of fused-ring (bicyclic) bond motifs is 1. The molecular formula is C18H18Cl2N2O3. The molecule has 1 fully saturated rings. The molecule has 1 aliphatic carbocycles. The Morgan fingerprint density at radius 1 is 1.12 bits per heavy atom. The fourth-order valence-electron chi connectivity index (χ4n) is 3.30. The lowest BCUT2D eigenvalue weighted by atomic mass is 9.85. The highest BCUT2D eigenvalue weighted by Crippen LogP contribution is 2.35. The zero-order valence-corrected chi connectivity index (χ0v) is 15.0. The van der Waals surface area contributed by atoms with E-state index < -0.39 is 0 Å². The van der Waals surface area contributed by atoms with Crippen molar-refractivity contribution in [1.82, 2.24) is 4.90 Å². The van der Waals surface area contributed by atoms with Crippen LogP contribution in [0.3, 0.4) is 0 Å². The molecule has 1 aliphatic heterocycles. The largest absolute Gasteiger partial charge is 0.325 e. The van der Waals surface area contributed by atoms with Gasteiger partial charge in [-0.3, -0.25) is 19.3 Å². The van der Waals surface area contributed by atoms with Crippen LogP contribution < -0.4 is 5.32 Å². The molecule has 0 unspecified atom stereocenters. The van der Waals surface area contributed by atoms with Crippen molar-refractivity contribution >= 4 is 46.6 Å². The number of rotatable bonds is 5. The summed E-state index contributed by atoms with van der Waals surface area (Å²) in [5.74, 6) is -0.911. The van der Waals surface area contributed by atoms with E-state index >= 15 is 0 Å². The molecule has 0 bridgehead atoms. The van der Waals surface area contributed by atoms with Crippen LogP contribution in [-0.4, -0.2) is 29.2 Å². The van der Waals surface area contributed by atoms with Crippen LogP contribution in [0, 0.1) is 11.8 Å². The van der Waals surface area contributed by atoms with Gasteiger partial charge in [-0.05, 0) is 31.4 Å². The summed E-state index contributed by atoms with van der Waals surface area (Å²) in [5, 5.41) is 3.35. The summed E-state index contributed by atoms with van der Waals surface area (Å²) in [4.78, 5) is 38.0. The maximum atomic E-state index is 12.3. The van der Waals surface area contributed by atoms with E-state index in [1.807, 2.05) is 12.2 Å². The molecule has 0 saturated carbocycles. The van der Waals surface area contributed by atoms with Gasteiger partial charge in [0.2, 0.25) is 17.7 Å². The number of nitrogens with one attached hydrogen (secondary N) is 1. The van der Waals surface area contributed by atoms with Crippen molar-refractivity contribution in [2.24, 2.45) is 11.8 Å². The molecule has 2 atom stereocenters. The van der Waals surface area contributed by atoms with Crippen LogP contribution in [0.4, 0.5) is 5.69 Å². The van der Waals surface area contributed by atoms with Gasteiger partial charge in [0, 0.05) is 13.0 Å². The minimum atomic E-state index is -0.234. The first-order valence-corrected chi connectivity index (χ1v) is 8.98. The molecule has 5 nitrogen and oxygen atoms in total. The van der Waals surface area contributed by atoms with Crippen molar-refractivity contribution in [3.05, 3.63) is 40.4 Å². The molecule has 1 aromatic carbocycles. The predicted molar refractivity (Wildman–Crippen MR) is 96.4 cm³/mol. The SMILES string of the molecule is O=C(CCCN1C(=O)[C@H]2CC=CC[C@H]2C1=O)Nc1cccc(Cl)c1Cl. The lowest BCUT2D eigenvalue weighted by molar-refractivity contribution is -0.140. The second kappa shape index (κ2) is 7.58. The first-order valence-electron chi connectivity index (χ1n) is 8.23. The number of imide groups is 1. The maximum Gasteiger partial charge on any atom is 0.233 e. The highest BCUT2D eigenvalue weighted by Gasteiger charge is 2.46. The van der Waals surface area contributed by atoms with Gasteiger partial charge in [0.05, 0.1) is 27.6 Å². The van der Waals surface area contributed by atoms with Crippen LogP contribution in [0.2, 0.25) is 10.0 Å². The van der Waals surface area contributed by atoms with Crippen LogP contribution in [0.5, 0.6) is 0 Å². The summed E-state index contributed by atoms with van der Waals surface area (Å²) in [6, 6.07) is 5.00. The monoisotopic (exact) mass is 380 g/mol. The Morgan fingerprint density at radius 2 is 1.76 bits per heavy atom. The number of likely N-dealkylation sites (tertiary alicyclic amines) is 1. The molecular weight excluding hydrogens is 363 g/mol. The van der Waals surface area contributed by atoms with Gasteiger partial charge in [0.15, 0.2) is 0 Å². The molecule has 3 rings (SSSR count). The molecule has 1 heterocycles. The molecule has 1 N–H and O–H groups in total. The number of benzene rings is 1. The predicted octanol–water partition coefficient (Wildman–Crippen LogP) is 3.66. The van der Waals surface area contributed by atoms with Crippen molar-refractivity contribution < 1.29 is 14.4 Å². The van der Waals surface area contributed by atoms with Crippen LogP contribution >= 0.6 is 23.2 Å². The Hall–Kier alpha value is -1.85. The zero-order valence-electron chi connectivity index (χ0n) is 13.5. The van der Waals surface area contributed by atoms with Crippen molar-refractivity contribution in [3.63, 3.8) is 0 Å². The minimum absolute atomic E-state index is 0.113. The van der Waals surface area contributed by atoms with E-state index in [1.54, 1.807) is 18.2 Å². The highest BCUT2D eigenvalue weighted by atomic mass is 35.5. The Labute approximate surface area is 156 Å². The molecule has 1 saturated heterocycles.